The summed E-state index contributed by atoms with van der Waals surface area (Å²) in [5, 5.41) is 3.06. The van der Waals surface area contributed by atoms with E-state index in [1.165, 1.54) is 11.1 Å². The predicted octanol–water partition coefficient (Wildman–Crippen LogP) is 4.06. The van der Waals surface area contributed by atoms with Gasteiger partial charge in [0, 0.05) is 6.42 Å². The number of rotatable bonds is 6. The van der Waals surface area contributed by atoms with Crippen molar-refractivity contribution in [3.05, 3.63) is 71.3 Å². The van der Waals surface area contributed by atoms with Gasteiger partial charge in [-0.15, -0.1) is 0 Å². The largest absolute Gasteiger partial charge is 0.350 e. The maximum absolute atomic E-state index is 12.0. The minimum absolute atomic E-state index is 0.0548. The van der Waals surface area contributed by atoms with Gasteiger partial charge in [0.2, 0.25) is 5.91 Å². The van der Waals surface area contributed by atoms with Gasteiger partial charge in [-0.3, -0.25) is 4.79 Å². The summed E-state index contributed by atoms with van der Waals surface area (Å²) in [7, 11) is 0. The molecule has 0 aromatic heterocycles. The summed E-state index contributed by atoms with van der Waals surface area (Å²) in [5.74, 6) is 0.103. The van der Waals surface area contributed by atoms with Crippen molar-refractivity contribution in [2.45, 2.75) is 39.2 Å². The lowest BCUT2D eigenvalue weighted by Crippen LogP contribution is -2.26. The molecular formula is C19H23NO. The van der Waals surface area contributed by atoms with Gasteiger partial charge < -0.3 is 5.32 Å². The molecule has 0 aliphatic rings. The maximum atomic E-state index is 12.0. The SMILES string of the molecule is CCc1ccc([C@H](C)NC(=O)CCc2ccccc2)cc1. The molecule has 2 nitrogen and oxygen atoms in total. The van der Waals surface area contributed by atoms with Crippen LogP contribution in [0.2, 0.25) is 0 Å². The molecule has 0 unspecified atom stereocenters. The molecule has 21 heavy (non-hydrogen) atoms. The summed E-state index contributed by atoms with van der Waals surface area (Å²) in [6.45, 7) is 4.17. The van der Waals surface area contributed by atoms with Crippen LogP contribution in [0, 0.1) is 0 Å². The Morgan fingerprint density at radius 2 is 1.67 bits per heavy atom. The zero-order chi connectivity index (χ0) is 15.1. The Bertz CT molecular complexity index is 560. The van der Waals surface area contributed by atoms with Gasteiger partial charge in [-0.2, -0.15) is 0 Å². The number of aryl methyl sites for hydroxylation is 2. The van der Waals surface area contributed by atoms with E-state index in [4.69, 9.17) is 0 Å². The van der Waals surface area contributed by atoms with Gasteiger partial charge in [-0.05, 0) is 36.5 Å². The molecular weight excluding hydrogens is 258 g/mol. The van der Waals surface area contributed by atoms with Gasteiger partial charge in [-0.1, -0.05) is 61.5 Å². The molecule has 0 saturated heterocycles. The van der Waals surface area contributed by atoms with E-state index in [0.29, 0.717) is 6.42 Å². The lowest BCUT2D eigenvalue weighted by Gasteiger charge is -2.15. The Morgan fingerprint density at radius 3 is 2.29 bits per heavy atom. The summed E-state index contributed by atoms with van der Waals surface area (Å²) < 4.78 is 0. The van der Waals surface area contributed by atoms with Gasteiger partial charge in [0.15, 0.2) is 0 Å². The summed E-state index contributed by atoms with van der Waals surface area (Å²) >= 11 is 0. The number of hydrogen-bond donors (Lipinski definition) is 1. The monoisotopic (exact) mass is 281 g/mol. The highest BCUT2D eigenvalue weighted by Crippen LogP contribution is 2.14. The van der Waals surface area contributed by atoms with Crippen LogP contribution in [0.5, 0.6) is 0 Å². The smallest absolute Gasteiger partial charge is 0.220 e. The third-order valence-corrected chi connectivity index (χ3v) is 3.75. The van der Waals surface area contributed by atoms with Crippen LogP contribution in [0.1, 0.15) is 43.0 Å². The first kappa shape index (κ1) is 15.3. The number of amides is 1. The van der Waals surface area contributed by atoms with Crippen molar-refractivity contribution in [3.8, 4) is 0 Å². The molecule has 0 radical (unpaired) electrons. The minimum atomic E-state index is 0.0548. The molecule has 2 aromatic rings. The standard InChI is InChI=1S/C19H23NO/c1-3-16-9-12-18(13-10-16)15(2)20-19(21)14-11-17-7-5-4-6-8-17/h4-10,12-13,15H,3,11,14H2,1-2H3,(H,20,21)/t15-/m0/s1. The minimum Gasteiger partial charge on any atom is -0.350 e. The van der Waals surface area contributed by atoms with Gasteiger partial charge in [-0.25, -0.2) is 0 Å². The van der Waals surface area contributed by atoms with Crippen LogP contribution in [0.15, 0.2) is 54.6 Å². The number of benzene rings is 2. The van der Waals surface area contributed by atoms with Crippen LogP contribution in [-0.4, -0.2) is 5.91 Å². The fourth-order valence-corrected chi connectivity index (χ4v) is 2.34. The molecule has 0 fully saturated rings. The quantitative estimate of drug-likeness (QED) is 0.850. The molecule has 110 valence electrons. The number of carbonyl (C=O) groups is 1. The molecule has 1 atom stereocenters. The Hall–Kier alpha value is -2.09. The normalized spacial score (nSPS) is 11.9. The molecule has 1 N–H and O–H groups in total. The van der Waals surface area contributed by atoms with Crippen molar-refractivity contribution in [2.24, 2.45) is 0 Å². The first-order valence-electron chi connectivity index (χ1n) is 7.61. The van der Waals surface area contributed by atoms with Crippen molar-refractivity contribution in [2.75, 3.05) is 0 Å². The van der Waals surface area contributed by atoms with Crippen LogP contribution in [0.25, 0.3) is 0 Å². The lowest BCUT2D eigenvalue weighted by molar-refractivity contribution is -0.121. The van der Waals surface area contributed by atoms with Crippen molar-refractivity contribution in [1.29, 1.82) is 0 Å². The Kier molecular flexibility index (Phi) is 5.56. The van der Waals surface area contributed by atoms with E-state index in [9.17, 15) is 4.79 Å². The molecule has 0 aliphatic carbocycles. The van der Waals surface area contributed by atoms with E-state index >= 15 is 0 Å². The van der Waals surface area contributed by atoms with E-state index < -0.39 is 0 Å². The predicted molar refractivity (Wildman–Crippen MR) is 87.1 cm³/mol. The zero-order valence-electron chi connectivity index (χ0n) is 12.8. The maximum Gasteiger partial charge on any atom is 0.220 e. The van der Waals surface area contributed by atoms with Crippen LogP contribution in [0.4, 0.5) is 0 Å². The summed E-state index contributed by atoms with van der Waals surface area (Å²) in [6.07, 6.45) is 2.35. The lowest BCUT2D eigenvalue weighted by atomic mass is 10.0. The second-order valence-corrected chi connectivity index (χ2v) is 5.37. The Labute approximate surface area is 127 Å². The van der Waals surface area contributed by atoms with E-state index in [2.05, 4.69) is 48.6 Å². The fraction of sp³-hybridized carbons (Fsp3) is 0.316. The van der Waals surface area contributed by atoms with Crippen molar-refractivity contribution in [3.63, 3.8) is 0 Å². The van der Waals surface area contributed by atoms with Gasteiger partial charge >= 0.3 is 0 Å². The van der Waals surface area contributed by atoms with Crippen LogP contribution in [-0.2, 0) is 17.6 Å². The average molecular weight is 281 g/mol. The summed E-state index contributed by atoms with van der Waals surface area (Å²) in [5.41, 5.74) is 3.68. The molecule has 1 amide bonds. The van der Waals surface area contributed by atoms with Crippen molar-refractivity contribution < 1.29 is 4.79 Å². The fourth-order valence-electron chi connectivity index (χ4n) is 2.34. The van der Waals surface area contributed by atoms with E-state index in [-0.39, 0.29) is 11.9 Å². The average Bonchev–Trinajstić information content (AvgIpc) is 2.54. The highest BCUT2D eigenvalue weighted by atomic mass is 16.1. The number of carbonyl (C=O) groups excluding carboxylic acids is 1. The third kappa shape index (κ3) is 4.75. The van der Waals surface area contributed by atoms with Crippen molar-refractivity contribution >= 4 is 5.91 Å². The summed E-state index contributed by atoms with van der Waals surface area (Å²) in [4.78, 5) is 12.0. The Balaban J connectivity index is 1.83. The molecule has 0 spiro atoms. The zero-order valence-corrected chi connectivity index (χ0v) is 12.8. The molecule has 0 heterocycles. The Morgan fingerprint density at radius 1 is 1.00 bits per heavy atom. The summed E-state index contributed by atoms with van der Waals surface area (Å²) in [6, 6.07) is 18.6. The molecule has 0 saturated carbocycles. The number of nitrogens with one attached hydrogen (secondary N) is 1. The van der Waals surface area contributed by atoms with Crippen LogP contribution >= 0.6 is 0 Å². The number of hydrogen-bond acceptors (Lipinski definition) is 1. The molecule has 2 aromatic carbocycles. The highest BCUT2D eigenvalue weighted by Gasteiger charge is 2.09. The molecule has 0 aliphatic heterocycles. The second-order valence-electron chi connectivity index (χ2n) is 5.37. The van der Waals surface area contributed by atoms with E-state index in [0.717, 1.165) is 18.4 Å². The second kappa shape index (κ2) is 7.63. The first-order valence-corrected chi connectivity index (χ1v) is 7.61. The first-order chi connectivity index (χ1) is 10.2. The third-order valence-electron chi connectivity index (χ3n) is 3.75. The molecule has 0 bridgehead atoms. The van der Waals surface area contributed by atoms with Gasteiger partial charge in [0.1, 0.15) is 0 Å². The van der Waals surface area contributed by atoms with Crippen molar-refractivity contribution in [1.82, 2.24) is 5.32 Å². The molecule has 2 heteroatoms. The van der Waals surface area contributed by atoms with Crippen LogP contribution < -0.4 is 5.32 Å². The van der Waals surface area contributed by atoms with Gasteiger partial charge in [0.05, 0.1) is 6.04 Å². The van der Waals surface area contributed by atoms with Gasteiger partial charge in [0.25, 0.3) is 0 Å². The highest BCUT2D eigenvalue weighted by molar-refractivity contribution is 5.76. The molecule has 2 rings (SSSR count). The van der Waals surface area contributed by atoms with Crippen LogP contribution in [0.3, 0.4) is 0 Å². The van der Waals surface area contributed by atoms with E-state index in [1.807, 2.05) is 25.1 Å². The van der Waals surface area contributed by atoms with E-state index in [1.54, 1.807) is 0 Å². The topological polar surface area (TPSA) is 29.1 Å².